The van der Waals surface area contributed by atoms with Gasteiger partial charge in [0.25, 0.3) is 0 Å². The summed E-state index contributed by atoms with van der Waals surface area (Å²) in [6.07, 6.45) is 1.72. The van der Waals surface area contributed by atoms with Crippen LogP contribution in [0.15, 0.2) is 22.8 Å². The van der Waals surface area contributed by atoms with Gasteiger partial charge in [0.05, 0.1) is 12.8 Å². The zero-order valence-electron chi connectivity index (χ0n) is 9.94. The fourth-order valence-corrected chi connectivity index (χ4v) is 1.50. The third kappa shape index (κ3) is 4.06. The highest BCUT2D eigenvalue weighted by atomic mass is 16.3. The van der Waals surface area contributed by atoms with Crippen molar-refractivity contribution in [3.05, 3.63) is 24.2 Å². The van der Waals surface area contributed by atoms with Crippen molar-refractivity contribution in [3.63, 3.8) is 0 Å². The van der Waals surface area contributed by atoms with Gasteiger partial charge in [-0.25, -0.2) is 0 Å². The Morgan fingerprint density at radius 1 is 1.47 bits per heavy atom. The van der Waals surface area contributed by atoms with Crippen LogP contribution in [0.2, 0.25) is 0 Å². The fourth-order valence-electron chi connectivity index (χ4n) is 1.50. The molecule has 0 aliphatic rings. The van der Waals surface area contributed by atoms with E-state index < -0.39 is 0 Å². The zero-order chi connectivity index (χ0) is 11.3. The molecular weight excluding hydrogens is 188 g/mol. The number of nitrogens with two attached hydrogens (primary N) is 1. The van der Waals surface area contributed by atoms with Gasteiger partial charge in [-0.1, -0.05) is 13.8 Å². The molecule has 1 rings (SSSR count). The highest BCUT2D eigenvalue weighted by molar-refractivity contribution is 4.97. The molecule has 86 valence electrons. The SMILES string of the molecule is CCN(Cc1ccco1)CC(C)C(C)N. The lowest BCUT2D eigenvalue weighted by Gasteiger charge is -2.25. The van der Waals surface area contributed by atoms with Crippen LogP contribution in [-0.4, -0.2) is 24.0 Å². The molecule has 0 bridgehead atoms. The van der Waals surface area contributed by atoms with Crippen LogP contribution in [0.3, 0.4) is 0 Å². The van der Waals surface area contributed by atoms with Crippen LogP contribution in [0.1, 0.15) is 26.5 Å². The molecule has 0 aliphatic heterocycles. The first-order valence-corrected chi connectivity index (χ1v) is 5.63. The Balaban J connectivity index is 2.42. The van der Waals surface area contributed by atoms with Crippen LogP contribution >= 0.6 is 0 Å². The van der Waals surface area contributed by atoms with Gasteiger partial charge >= 0.3 is 0 Å². The molecule has 2 unspecified atom stereocenters. The summed E-state index contributed by atoms with van der Waals surface area (Å²) in [7, 11) is 0. The quantitative estimate of drug-likeness (QED) is 0.781. The van der Waals surface area contributed by atoms with Crippen LogP contribution in [-0.2, 0) is 6.54 Å². The van der Waals surface area contributed by atoms with E-state index in [1.807, 2.05) is 12.1 Å². The van der Waals surface area contributed by atoms with Crippen molar-refractivity contribution >= 4 is 0 Å². The maximum atomic E-state index is 5.86. The molecule has 3 nitrogen and oxygen atoms in total. The molecule has 0 amide bonds. The van der Waals surface area contributed by atoms with E-state index in [0.717, 1.165) is 25.4 Å². The Bertz CT molecular complexity index is 257. The monoisotopic (exact) mass is 210 g/mol. The smallest absolute Gasteiger partial charge is 0.117 e. The van der Waals surface area contributed by atoms with E-state index in [1.165, 1.54) is 0 Å². The predicted octanol–water partition coefficient (Wildman–Crippen LogP) is 2.08. The Labute approximate surface area is 92.2 Å². The molecular formula is C12H22N2O. The van der Waals surface area contributed by atoms with Gasteiger partial charge in [-0.2, -0.15) is 0 Å². The molecule has 0 saturated carbocycles. The van der Waals surface area contributed by atoms with E-state index in [2.05, 4.69) is 25.7 Å². The number of hydrogen-bond donors (Lipinski definition) is 1. The van der Waals surface area contributed by atoms with Gasteiger partial charge in [0, 0.05) is 12.6 Å². The van der Waals surface area contributed by atoms with E-state index in [0.29, 0.717) is 5.92 Å². The molecule has 0 aliphatic carbocycles. The van der Waals surface area contributed by atoms with Gasteiger partial charge in [-0.3, -0.25) is 4.90 Å². The summed E-state index contributed by atoms with van der Waals surface area (Å²) < 4.78 is 5.33. The molecule has 2 atom stereocenters. The van der Waals surface area contributed by atoms with Crippen molar-refractivity contribution in [3.8, 4) is 0 Å². The van der Waals surface area contributed by atoms with Crippen LogP contribution in [0.25, 0.3) is 0 Å². The maximum absolute atomic E-state index is 5.86. The van der Waals surface area contributed by atoms with Crippen molar-refractivity contribution in [2.45, 2.75) is 33.4 Å². The molecule has 0 spiro atoms. The highest BCUT2D eigenvalue weighted by Crippen LogP contribution is 2.09. The summed E-state index contributed by atoms with van der Waals surface area (Å²) >= 11 is 0. The first-order chi connectivity index (χ1) is 7.13. The number of nitrogens with zero attached hydrogens (tertiary/aromatic N) is 1. The van der Waals surface area contributed by atoms with Gasteiger partial charge in [0.1, 0.15) is 5.76 Å². The fraction of sp³-hybridized carbons (Fsp3) is 0.667. The average molecular weight is 210 g/mol. The summed E-state index contributed by atoms with van der Waals surface area (Å²) in [5.74, 6) is 1.54. The minimum atomic E-state index is 0.246. The van der Waals surface area contributed by atoms with E-state index in [4.69, 9.17) is 10.2 Å². The third-order valence-corrected chi connectivity index (χ3v) is 2.85. The predicted molar refractivity (Wildman–Crippen MR) is 62.5 cm³/mol. The summed E-state index contributed by atoms with van der Waals surface area (Å²) in [5.41, 5.74) is 5.86. The highest BCUT2D eigenvalue weighted by Gasteiger charge is 2.13. The zero-order valence-corrected chi connectivity index (χ0v) is 9.94. The molecule has 1 heterocycles. The lowest BCUT2D eigenvalue weighted by Crippen LogP contribution is -2.35. The van der Waals surface area contributed by atoms with E-state index in [1.54, 1.807) is 6.26 Å². The summed E-state index contributed by atoms with van der Waals surface area (Å²) in [6, 6.07) is 4.19. The average Bonchev–Trinajstić information content (AvgIpc) is 2.69. The minimum Gasteiger partial charge on any atom is -0.468 e. The van der Waals surface area contributed by atoms with Crippen molar-refractivity contribution in [2.75, 3.05) is 13.1 Å². The molecule has 0 radical (unpaired) electrons. The summed E-state index contributed by atoms with van der Waals surface area (Å²) in [4.78, 5) is 2.35. The number of furan rings is 1. The van der Waals surface area contributed by atoms with Gasteiger partial charge in [0.15, 0.2) is 0 Å². The van der Waals surface area contributed by atoms with Gasteiger partial charge in [-0.05, 0) is 31.5 Å². The van der Waals surface area contributed by atoms with Crippen LogP contribution in [0.5, 0.6) is 0 Å². The van der Waals surface area contributed by atoms with E-state index >= 15 is 0 Å². The van der Waals surface area contributed by atoms with Crippen LogP contribution in [0.4, 0.5) is 0 Å². The standard InChI is InChI=1S/C12H22N2O/c1-4-14(8-10(2)11(3)13)9-12-6-5-7-15-12/h5-7,10-11H,4,8-9,13H2,1-3H3. The van der Waals surface area contributed by atoms with Crippen molar-refractivity contribution < 1.29 is 4.42 Å². The topological polar surface area (TPSA) is 42.4 Å². The van der Waals surface area contributed by atoms with Gasteiger partial charge in [-0.15, -0.1) is 0 Å². The Kier molecular flexibility index (Phi) is 4.85. The number of hydrogen-bond acceptors (Lipinski definition) is 3. The molecule has 2 N–H and O–H groups in total. The van der Waals surface area contributed by atoms with Gasteiger partial charge < -0.3 is 10.2 Å². The van der Waals surface area contributed by atoms with E-state index in [-0.39, 0.29) is 6.04 Å². The Hall–Kier alpha value is -0.800. The Morgan fingerprint density at radius 3 is 2.67 bits per heavy atom. The molecule has 1 aromatic rings. The molecule has 0 fully saturated rings. The van der Waals surface area contributed by atoms with Crippen molar-refractivity contribution in [1.29, 1.82) is 0 Å². The van der Waals surface area contributed by atoms with Crippen LogP contribution in [0, 0.1) is 5.92 Å². The molecule has 0 saturated heterocycles. The molecule has 0 aromatic carbocycles. The second kappa shape index (κ2) is 5.93. The first kappa shape index (κ1) is 12.3. The molecule has 3 heteroatoms. The minimum absolute atomic E-state index is 0.246. The second-order valence-electron chi connectivity index (χ2n) is 4.24. The van der Waals surface area contributed by atoms with Crippen molar-refractivity contribution in [2.24, 2.45) is 11.7 Å². The second-order valence-corrected chi connectivity index (χ2v) is 4.24. The number of rotatable bonds is 6. The normalized spacial score (nSPS) is 15.5. The molecule has 15 heavy (non-hydrogen) atoms. The van der Waals surface area contributed by atoms with Gasteiger partial charge in [0.2, 0.25) is 0 Å². The molecule has 1 aromatic heterocycles. The van der Waals surface area contributed by atoms with Crippen molar-refractivity contribution in [1.82, 2.24) is 4.90 Å². The van der Waals surface area contributed by atoms with Crippen LogP contribution < -0.4 is 5.73 Å². The lowest BCUT2D eigenvalue weighted by atomic mass is 10.0. The lowest BCUT2D eigenvalue weighted by molar-refractivity contribution is 0.212. The Morgan fingerprint density at radius 2 is 2.20 bits per heavy atom. The first-order valence-electron chi connectivity index (χ1n) is 5.63. The summed E-state index contributed by atoms with van der Waals surface area (Å²) in [6.45, 7) is 9.34. The summed E-state index contributed by atoms with van der Waals surface area (Å²) in [5, 5.41) is 0. The third-order valence-electron chi connectivity index (χ3n) is 2.85. The van der Waals surface area contributed by atoms with E-state index in [9.17, 15) is 0 Å². The maximum Gasteiger partial charge on any atom is 0.117 e. The largest absolute Gasteiger partial charge is 0.468 e.